The van der Waals surface area contributed by atoms with Crippen LogP contribution in [0, 0.1) is 5.82 Å². The first-order valence-electron chi connectivity index (χ1n) is 6.37. The maximum atomic E-state index is 13.6. The van der Waals surface area contributed by atoms with Gasteiger partial charge in [-0.2, -0.15) is 0 Å². The third kappa shape index (κ3) is 3.54. The molecule has 114 valence electrons. The third-order valence-corrected chi connectivity index (χ3v) is 4.12. The lowest BCUT2D eigenvalue weighted by Gasteiger charge is -2.19. The summed E-state index contributed by atoms with van der Waals surface area (Å²) in [4.78, 5) is 24.8. The zero-order valence-electron chi connectivity index (χ0n) is 11.6. The first-order chi connectivity index (χ1) is 10.4. The Morgan fingerprint density at radius 1 is 1.36 bits per heavy atom. The van der Waals surface area contributed by atoms with E-state index in [-0.39, 0.29) is 16.9 Å². The van der Waals surface area contributed by atoms with Crippen LogP contribution in [0.4, 0.5) is 4.39 Å². The molecule has 0 radical (unpaired) electrons. The fourth-order valence-electron chi connectivity index (χ4n) is 2.01. The number of halogens is 3. The quantitative estimate of drug-likeness (QED) is 0.581. The van der Waals surface area contributed by atoms with E-state index >= 15 is 0 Å². The van der Waals surface area contributed by atoms with Crippen LogP contribution < -0.4 is 0 Å². The third-order valence-electron chi connectivity index (χ3n) is 3.16. The summed E-state index contributed by atoms with van der Waals surface area (Å²) in [5, 5.41) is 0.358. The van der Waals surface area contributed by atoms with Crippen LogP contribution in [0.1, 0.15) is 26.3 Å². The Hall–Kier alpha value is -1.72. The fourth-order valence-corrected chi connectivity index (χ4v) is 2.71. The van der Waals surface area contributed by atoms with Crippen LogP contribution in [-0.2, 0) is 6.54 Å². The summed E-state index contributed by atoms with van der Waals surface area (Å²) < 4.78 is 13.9. The lowest BCUT2D eigenvalue weighted by molar-refractivity contribution is 0.0782. The number of carbonyl (C=O) groups is 2. The monoisotopic (exact) mass is 383 g/mol. The van der Waals surface area contributed by atoms with Gasteiger partial charge in [0.1, 0.15) is 5.82 Å². The molecular weight excluding hydrogens is 373 g/mol. The summed E-state index contributed by atoms with van der Waals surface area (Å²) in [5.74, 6) is -0.782. The first kappa shape index (κ1) is 16.6. The molecule has 0 atom stereocenters. The first-order valence-corrected chi connectivity index (χ1v) is 7.54. The number of hydrogen-bond acceptors (Lipinski definition) is 2. The lowest BCUT2D eigenvalue weighted by Crippen LogP contribution is -2.27. The van der Waals surface area contributed by atoms with Crippen molar-refractivity contribution >= 4 is 39.7 Å². The van der Waals surface area contributed by atoms with Crippen molar-refractivity contribution in [2.24, 2.45) is 0 Å². The van der Waals surface area contributed by atoms with Gasteiger partial charge in [-0.3, -0.25) is 9.59 Å². The molecular formula is C16H12BrClFNO2. The Morgan fingerprint density at radius 2 is 2.05 bits per heavy atom. The second kappa shape index (κ2) is 7.03. The van der Waals surface area contributed by atoms with Crippen LogP contribution in [0.25, 0.3) is 0 Å². The van der Waals surface area contributed by atoms with Gasteiger partial charge in [0.25, 0.3) is 5.91 Å². The molecule has 0 aliphatic carbocycles. The molecule has 0 aliphatic rings. The van der Waals surface area contributed by atoms with E-state index in [1.165, 1.54) is 17.0 Å². The Kier molecular flexibility index (Phi) is 5.32. The van der Waals surface area contributed by atoms with E-state index in [0.29, 0.717) is 28.0 Å². The predicted octanol–water partition coefficient (Wildman–Crippen LogP) is 4.33. The van der Waals surface area contributed by atoms with E-state index in [1.807, 2.05) is 0 Å². The largest absolute Gasteiger partial charge is 0.337 e. The summed E-state index contributed by atoms with van der Waals surface area (Å²) in [6.07, 6.45) is 0.632. The molecule has 0 saturated carbocycles. The van der Waals surface area contributed by atoms with Crippen LogP contribution in [0.3, 0.4) is 0 Å². The fraction of sp³-hybridized carbons (Fsp3) is 0.125. The van der Waals surface area contributed by atoms with Gasteiger partial charge in [-0.15, -0.1) is 0 Å². The van der Waals surface area contributed by atoms with Gasteiger partial charge in [-0.25, -0.2) is 4.39 Å². The Morgan fingerprint density at radius 3 is 2.73 bits per heavy atom. The van der Waals surface area contributed by atoms with E-state index in [4.69, 9.17) is 11.6 Å². The highest BCUT2D eigenvalue weighted by Gasteiger charge is 2.17. The highest BCUT2D eigenvalue weighted by Crippen LogP contribution is 2.26. The lowest BCUT2D eigenvalue weighted by atomic mass is 10.1. The maximum absolute atomic E-state index is 13.6. The van der Waals surface area contributed by atoms with Gasteiger partial charge < -0.3 is 4.90 Å². The number of hydrogen-bond donors (Lipinski definition) is 0. The van der Waals surface area contributed by atoms with Gasteiger partial charge in [0.05, 0.1) is 10.0 Å². The normalized spacial score (nSPS) is 10.4. The standard InChI is InChI=1S/C16H12BrClFNO2/c1-20(8-11-6-15(19)13(17)7-14(11)18)16(22)12-5-3-2-4-10(12)9-21/h2-7,9H,8H2,1H3. The van der Waals surface area contributed by atoms with Crippen molar-refractivity contribution < 1.29 is 14.0 Å². The number of aldehydes is 1. The molecule has 0 bridgehead atoms. The zero-order valence-corrected chi connectivity index (χ0v) is 14.0. The molecule has 0 aliphatic heterocycles. The average Bonchev–Trinajstić information content (AvgIpc) is 2.51. The summed E-state index contributed by atoms with van der Waals surface area (Å²) in [7, 11) is 1.57. The molecule has 2 rings (SSSR count). The molecule has 2 aromatic rings. The van der Waals surface area contributed by atoms with Gasteiger partial charge in [0.2, 0.25) is 0 Å². The molecule has 3 nitrogen and oxygen atoms in total. The van der Waals surface area contributed by atoms with Crippen LogP contribution in [-0.4, -0.2) is 24.1 Å². The number of amides is 1. The van der Waals surface area contributed by atoms with Crippen LogP contribution in [0.15, 0.2) is 40.9 Å². The molecule has 0 aromatic heterocycles. The van der Waals surface area contributed by atoms with E-state index in [0.717, 1.165) is 0 Å². The summed E-state index contributed by atoms with van der Waals surface area (Å²) in [6.45, 7) is 0.134. The highest BCUT2D eigenvalue weighted by molar-refractivity contribution is 9.10. The van der Waals surface area contributed by atoms with E-state index in [9.17, 15) is 14.0 Å². The minimum Gasteiger partial charge on any atom is -0.337 e. The Labute approximate surface area is 140 Å². The molecule has 0 spiro atoms. The van der Waals surface area contributed by atoms with E-state index in [2.05, 4.69) is 15.9 Å². The van der Waals surface area contributed by atoms with Crippen molar-refractivity contribution in [3.63, 3.8) is 0 Å². The van der Waals surface area contributed by atoms with E-state index in [1.54, 1.807) is 31.3 Å². The van der Waals surface area contributed by atoms with Crippen molar-refractivity contribution in [3.05, 3.63) is 68.4 Å². The number of benzene rings is 2. The number of carbonyl (C=O) groups excluding carboxylic acids is 2. The molecule has 0 fully saturated rings. The second-order valence-electron chi connectivity index (χ2n) is 4.72. The van der Waals surface area contributed by atoms with Crippen molar-refractivity contribution in [2.75, 3.05) is 7.05 Å². The summed E-state index contributed by atoms with van der Waals surface area (Å²) in [6, 6.07) is 9.24. The molecule has 22 heavy (non-hydrogen) atoms. The van der Waals surface area contributed by atoms with E-state index < -0.39 is 5.82 Å². The van der Waals surface area contributed by atoms with Gasteiger partial charge >= 0.3 is 0 Å². The van der Waals surface area contributed by atoms with Gasteiger partial charge in [0, 0.05) is 24.2 Å². The Balaban J connectivity index is 2.25. The molecule has 0 N–H and O–H groups in total. The van der Waals surface area contributed by atoms with Crippen LogP contribution in [0.5, 0.6) is 0 Å². The molecule has 0 heterocycles. The number of nitrogens with zero attached hydrogens (tertiary/aromatic N) is 1. The van der Waals surface area contributed by atoms with Crippen molar-refractivity contribution in [1.82, 2.24) is 4.90 Å². The van der Waals surface area contributed by atoms with Gasteiger partial charge in [-0.05, 0) is 39.7 Å². The minimum atomic E-state index is -0.450. The molecule has 6 heteroatoms. The van der Waals surface area contributed by atoms with Crippen molar-refractivity contribution in [2.45, 2.75) is 6.54 Å². The SMILES string of the molecule is CN(Cc1cc(F)c(Br)cc1Cl)C(=O)c1ccccc1C=O. The average molecular weight is 385 g/mol. The molecule has 0 saturated heterocycles. The van der Waals surface area contributed by atoms with Gasteiger partial charge in [0.15, 0.2) is 6.29 Å². The van der Waals surface area contributed by atoms with Crippen molar-refractivity contribution in [1.29, 1.82) is 0 Å². The Bertz CT molecular complexity index is 736. The molecule has 1 amide bonds. The highest BCUT2D eigenvalue weighted by atomic mass is 79.9. The summed E-state index contributed by atoms with van der Waals surface area (Å²) in [5.41, 5.74) is 1.10. The number of rotatable bonds is 4. The smallest absolute Gasteiger partial charge is 0.254 e. The topological polar surface area (TPSA) is 37.4 Å². The zero-order chi connectivity index (χ0) is 16.3. The van der Waals surface area contributed by atoms with Crippen LogP contribution >= 0.6 is 27.5 Å². The molecule has 0 unspecified atom stereocenters. The van der Waals surface area contributed by atoms with Crippen molar-refractivity contribution in [3.8, 4) is 0 Å². The summed E-state index contributed by atoms with van der Waals surface area (Å²) >= 11 is 9.12. The van der Waals surface area contributed by atoms with Gasteiger partial charge in [-0.1, -0.05) is 29.8 Å². The molecule has 2 aromatic carbocycles. The minimum absolute atomic E-state index is 0.134. The second-order valence-corrected chi connectivity index (χ2v) is 5.99. The maximum Gasteiger partial charge on any atom is 0.254 e. The van der Waals surface area contributed by atoms with Crippen LogP contribution in [0.2, 0.25) is 5.02 Å². The predicted molar refractivity (Wildman–Crippen MR) is 86.7 cm³/mol.